The maximum Gasteiger partial charge on any atom is 0.192 e. The third-order valence-electron chi connectivity index (χ3n) is 3.52. The lowest BCUT2D eigenvalue weighted by molar-refractivity contribution is 0.101. The number of H-pyrrole nitrogens is 1. The Morgan fingerprint density at radius 2 is 1.78 bits per heavy atom. The minimum atomic E-state index is -1.21. The summed E-state index contributed by atoms with van der Waals surface area (Å²) in [6.45, 7) is 0. The molecule has 0 amide bonds. The molecule has 0 bridgehead atoms. The molecule has 0 aliphatic carbocycles. The van der Waals surface area contributed by atoms with Crippen molar-refractivity contribution in [3.05, 3.63) is 58.2 Å². The van der Waals surface area contributed by atoms with Gasteiger partial charge in [-0.2, -0.15) is 0 Å². The maximum atomic E-state index is 12.5. The highest BCUT2D eigenvalue weighted by Gasteiger charge is 2.20. The van der Waals surface area contributed by atoms with Gasteiger partial charge in [0.15, 0.2) is 5.78 Å². The lowest BCUT2D eigenvalue weighted by atomic mass is 10.0. The average Bonchev–Trinajstić information content (AvgIpc) is 2.86. The molecule has 0 saturated carbocycles. The molecule has 0 aliphatic heterocycles. The number of fused-ring (bicyclic) bond motifs is 1. The summed E-state index contributed by atoms with van der Waals surface area (Å²) in [5.74, 6) is -0.234. The van der Waals surface area contributed by atoms with E-state index < -0.39 is 10.8 Å². The summed E-state index contributed by atoms with van der Waals surface area (Å²) in [6.07, 6.45) is 1.51. The Balaban J connectivity index is 2.30. The highest BCUT2D eigenvalue weighted by molar-refractivity contribution is 7.85. The summed E-state index contributed by atoms with van der Waals surface area (Å²) in [6, 6.07) is 13.0. The Morgan fingerprint density at radius 1 is 1.13 bits per heavy atom. The second-order valence-corrected chi connectivity index (χ2v) is 7.44. The van der Waals surface area contributed by atoms with Gasteiger partial charge in [-0.3, -0.25) is 9.00 Å². The number of aromatic amines is 1. The summed E-state index contributed by atoms with van der Waals surface area (Å²) >= 11 is 12.2. The Morgan fingerprint density at radius 3 is 2.43 bits per heavy atom. The molecule has 1 heterocycles. The van der Waals surface area contributed by atoms with Crippen molar-refractivity contribution in [1.82, 2.24) is 4.98 Å². The van der Waals surface area contributed by atoms with Crippen molar-refractivity contribution in [3.63, 3.8) is 0 Å². The molecule has 23 heavy (non-hydrogen) atoms. The lowest BCUT2D eigenvalue weighted by Crippen LogP contribution is -2.11. The van der Waals surface area contributed by atoms with E-state index in [-0.39, 0.29) is 11.5 Å². The number of Topliss-reactive ketones (excluding diaryl/α,β-unsaturated/α-hetero) is 1. The number of rotatable bonds is 4. The van der Waals surface area contributed by atoms with Gasteiger partial charge in [0.25, 0.3) is 0 Å². The molecule has 6 heteroatoms. The molecule has 1 aromatic heterocycles. The molecule has 1 N–H and O–H groups in total. The zero-order chi connectivity index (χ0) is 16.6. The molecule has 0 aliphatic rings. The van der Waals surface area contributed by atoms with Gasteiger partial charge in [-0.05, 0) is 17.7 Å². The van der Waals surface area contributed by atoms with E-state index in [0.29, 0.717) is 15.7 Å². The monoisotopic (exact) mass is 365 g/mol. The molecule has 0 saturated heterocycles. The number of hydrogen-bond donors (Lipinski definition) is 1. The summed E-state index contributed by atoms with van der Waals surface area (Å²) in [5, 5.41) is 1.65. The van der Waals surface area contributed by atoms with Crippen molar-refractivity contribution in [2.45, 2.75) is 0 Å². The van der Waals surface area contributed by atoms with Gasteiger partial charge in [-0.15, -0.1) is 0 Å². The molecule has 0 radical (unpaired) electrons. The zero-order valence-electron chi connectivity index (χ0n) is 12.2. The third kappa shape index (κ3) is 3.20. The van der Waals surface area contributed by atoms with E-state index >= 15 is 0 Å². The first-order valence-corrected chi connectivity index (χ1v) is 9.35. The SMILES string of the molecule is CS(=O)CC(=O)c1[nH]c2cc(Cl)c(Cl)cc2c1-c1ccccc1. The molecule has 1 unspecified atom stereocenters. The summed E-state index contributed by atoms with van der Waals surface area (Å²) in [5.41, 5.74) is 2.81. The van der Waals surface area contributed by atoms with Crippen molar-refractivity contribution in [2.24, 2.45) is 0 Å². The smallest absolute Gasteiger partial charge is 0.192 e. The molecule has 3 aromatic rings. The van der Waals surface area contributed by atoms with E-state index in [9.17, 15) is 9.00 Å². The van der Waals surface area contributed by atoms with Gasteiger partial charge in [-0.1, -0.05) is 53.5 Å². The quantitative estimate of drug-likeness (QED) is 0.681. The number of ketones is 1. The average molecular weight is 366 g/mol. The van der Waals surface area contributed by atoms with Crippen LogP contribution in [0.1, 0.15) is 10.5 Å². The van der Waals surface area contributed by atoms with Crippen LogP contribution >= 0.6 is 23.2 Å². The van der Waals surface area contributed by atoms with E-state index in [0.717, 1.165) is 22.0 Å². The van der Waals surface area contributed by atoms with Crippen LogP contribution in [0.5, 0.6) is 0 Å². The van der Waals surface area contributed by atoms with Crippen molar-refractivity contribution in [3.8, 4) is 11.1 Å². The van der Waals surface area contributed by atoms with E-state index in [1.807, 2.05) is 30.3 Å². The van der Waals surface area contributed by atoms with Crippen LogP contribution in [0, 0.1) is 0 Å². The second kappa shape index (κ2) is 6.48. The molecule has 0 fully saturated rings. The lowest BCUT2D eigenvalue weighted by Gasteiger charge is -2.04. The Labute approximate surface area is 146 Å². The van der Waals surface area contributed by atoms with E-state index in [4.69, 9.17) is 23.2 Å². The van der Waals surface area contributed by atoms with Gasteiger partial charge < -0.3 is 4.98 Å². The van der Waals surface area contributed by atoms with Gasteiger partial charge >= 0.3 is 0 Å². The highest BCUT2D eigenvalue weighted by atomic mass is 35.5. The largest absolute Gasteiger partial charge is 0.352 e. The number of halogens is 2. The molecule has 3 nitrogen and oxygen atoms in total. The molecule has 1 atom stereocenters. The number of carbonyl (C=O) groups is 1. The molecule has 0 spiro atoms. The van der Waals surface area contributed by atoms with Crippen LogP contribution < -0.4 is 0 Å². The van der Waals surface area contributed by atoms with Gasteiger partial charge in [0, 0.05) is 33.5 Å². The third-order valence-corrected chi connectivity index (χ3v) is 4.91. The molecule has 3 rings (SSSR count). The fourth-order valence-electron chi connectivity index (χ4n) is 2.56. The minimum Gasteiger partial charge on any atom is -0.352 e. The van der Waals surface area contributed by atoms with Crippen molar-refractivity contribution < 1.29 is 9.00 Å². The van der Waals surface area contributed by atoms with Gasteiger partial charge in [0.2, 0.25) is 0 Å². The van der Waals surface area contributed by atoms with Gasteiger partial charge in [0.05, 0.1) is 21.5 Å². The maximum absolute atomic E-state index is 12.5. The number of hydrogen-bond acceptors (Lipinski definition) is 2. The topological polar surface area (TPSA) is 49.9 Å². The summed E-state index contributed by atoms with van der Waals surface area (Å²) in [7, 11) is -1.21. The van der Waals surface area contributed by atoms with E-state index in [1.165, 1.54) is 6.26 Å². The second-order valence-electron chi connectivity index (χ2n) is 5.19. The predicted molar refractivity (Wildman–Crippen MR) is 97.0 cm³/mol. The van der Waals surface area contributed by atoms with Gasteiger partial charge in [-0.25, -0.2) is 0 Å². The minimum absolute atomic E-state index is 0.0336. The molecule has 118 valence electrons. The zero-order valence-corrected chi connectivity index (χ0v) is 14.6. The number of benzene rings is 2. The molecular weight excluding hydrogens is 353 g/mol. The number of aromatic nitrogens is 1. The van der Waals surface area contributed by atoms with Crippen LogP contribution in [0.2, 0.25) is 10.0 Å². The standard InChI is InChI=1S/C17H13Cl2NO2S/c1-23(22)9-15(21)17-16(10-5-3-2-4-6-10)11-7-12(18)13(19)8-14(11)20-17/h2-8,20H,9H2,1H3. The van der Waals surface area contributed by atoms with Crippen molar-refractivity contribution in [2.75, 3.05) is 12.0 Å². The summed E-state index contributed by atoms with van der Waals surface area (Å²) in [4.78, 5) is 15.6. The Kier molecular flexibility index (Phi) is 4.57. The summed E-state index contributed by atoms with van der Waals surface area (Å²) < 4.78 is 11.4. The number of nitrogens with one attached hydrogen (secondary N) is 1. The van der Waals surface area contributed by atoms with E-state index in [1.54, 1.807) is 12.1 Å². The fourth-order valence-corrected chi connectivity index (χ4v) is 3.40. The number of carbonyl (C=O) groups excluding carboxylic acids is 1. The van der Waals surface area contributed by atoms with Crippen LogP contribution in [0.4, 0.5) is 0 Å². The predicted octanol–water partition coefficient (Wildman–Crippen LogP) is 4.70. The first-order valence-electron chi connectivity index (χ1n) is 6.86. The molecule has 2 aromatic carbocycles. The van der Waals surface area contributed by atoms with E-state index in [2.05, 4.69) is 4.98 Å². The van der Waals surface area contributed by atoms with Gasteiger partial charge in [0.1, 0.15) is 0 Å². The molecular formula is C17H13Cl2NO2S. The highest BCUT2D eigenvalue weighted by Crippen LogP contribution is 2.37. The van der Waals surface area contributed by atoms with Crippen molar-refractivity contribution >= 4 is 50.7 Å². The Bertz CT molecular complexity index is 919. The normalized spacial score (nSPS) is 12.5. The fraction of sp³-hybridized carbons (Fsp3) is 0.118. The van der Waals surface area contributed by atoms with Crippen LogP contribution in [-0.4, -0.2) is 27.0 Å². The first kappa shape index (κ1) is 16.2. The van der Waals surface area contributed by atoms with Crippen LogP contribution in [0.25, 0.3) is 22.0 Å². The first-order chi connectivity index (χ1) is 11.0. The Hall–Kier alpha value is -1.62. The van der Waals surface area contributed by atoms with Crippen LogP contribution in [0.3, 0.4) is 0 Å². The van der Waals surface area contributed by atoms with Crippen molar-refractivity contribution in [1.29, 1.82) is 0 Å². The van der Waals surface area contributed by atoms with Crippen LogP contribution in [-0.2, 0) is 10.8 Å². The van der Waals surface area contributed by atoms with Crippen LogP contribution in [0.15, 0.2) is 42.5 Å².